The monoisotopic (exact) mass is 476 g/mol. The van der Waals surface area contributed by atoms with E-state index in [4.69, 9.17) is 0 Å². The van der Waals surface area contributed by atoms with Gasteiger partial charge in [0.1, 0.15) is 5.82 Å². The summed E-state index contributed by atoms with van der Waals surface area (Å²) in [7, 11) is 0. The van der Waals surface area contributed by atoms with Crippen molar-refractivity contribution in [1.29, 1.82) is 0 Å². The molecule has 6 nitrogen and oxygen atoms in total. The van der Waals surface area contributed by atoms with Gasteiger partial charge < -0.3 is 9.88 Å². The first-order valence-corrected chi connectivity index (χ1v) is 10.8. The van der Waals surface area contributed by atoms with Crippen molar-refractivity contribution in [3.8, 4) is 0 Å². The molecule has 31 heavy (non-hydrogen) atoms. The predicted molar refractivity (Wildman–Crippen MR) is 125 cm³/mol. The first-order chi connectivity index (χ1) is 15.1. The number of pyridine rings is 1. The molecule has 2 aromatic carbocycles. The molecular formula is C24H21BrN4O2. The van der Waals surface area contributed by atoms with Gasteiger partial charge in [-0.05, 0) is 55.0 Å². The highest BCUT2D eigenvalue weighted by atomic mass is 79.9. The Hall–Kier alpha value is -3.32. The van der Waals surface area contributed by atoms with Gasteiger partial charge in [0.15, 0.2) is 0 Å². The fraction of sp³-hybridized carbons (Fsp3) is 0.167. The highest BCUT2D eigenvalue weighted by molar-refractivity contribution is 9.10. The molecule has 156 valence electrons. The largest absolute Gasteiger partial charge is 0.310 e. The van der Waals surface area contributed by atoms with E-state index in [1.54, 1.807) is 17.2 Å². The van der Waals surface area contributed by atoms with Crippen LogP contribution in [0.4, 0.5) is 5.69 Å². The number of aryl methyl sites for hydroxylation is 1. The molecule has 0 radical (unpaired) electrons. The van der Waals surface area contributed by atoms with Crippen LogP contribution in [0.25, 0.3) is 10.9 Å². The summed E-state index contributed by atoms with van der Waals surface area (Å²) in [5.74, 6) is 0.590. The normalized spacial score (nSPS) is 10.9. The predicted octanol–water partition coefficient (Wildman–Crippen LogP) is 4.64. The summed E-state index contributed by atoms with van der Waals surface area (Å²) in [4.78, 5) is 38.8. The third-order valence-corrected chi connectivity index (χ3v) is 5.48. The van der Waals surface area contributed by atoms with Crippen LogP contribution in [0, 0.1) is 0 Å². The van der Waals surface area contributed by atoms with E-state index >= 15 is 0 Å². The summed E-state index contributed by atoms with van der Waals surface area (Å²) in [6.07, 6.45) is 3.15. The maximum Gasteiger partial charge on any atom is 0.258 e. The van der Waals surface area contributed by atoms with Crippen LogP contribution in [-0.2, 0) is 17.8 Å². The summed E-state index contributed by atoms with van der Waals surface area (Å²) in [6.45, 7) is 0.395. The van der Waals surface area contributed by atoms with Crippen LogP contribution in [0.1, 0.15) is 24.4 Å². The molecule has 0 aliphatic heterocycles. The molecule has 0 spiro atoms. The van der Waals surface area contributed by atoms with Crippen LogP contribution in [0.5, 0.6) is 0 Å². The Balaban J connectivity index is 1.47. The Bertz CT molecular complexity index is 1240. The number of anilines is 1. The van der Waals surface area contributed by atoms with E-state index in [1.165, 1.54) is 0 Å². The van der Waals surface area contributed by atoms with Crippen molar-refractivity contribution in [1.82, 2.24) is 15.0 Å². The fourth-order valence-electron chi connectivity index (χ4n) is 3.39. The van der Waals surface area contributed by atoms with E-state index in [9.17, 15) is 9.59 Å². The first-order valence-electron chi connectivity index (χ1n) is 10.0. The third-order valence-electron chi connectivity index (χ3n) is 4.95. The number of fused-ring (bicyclic) bond motifs is 1. The minimum Gasteiger partial charge on any atom is -0.310 e. The highest BCUT2D eigenvalue weighted by Crippen LogP contribution is 2.21. The van der Waals surface area contributed by atoms with Gasteiger partial charge in [0.25, 0.3) is 5.56 Å². The quantitative estimate of drug-likeness (QED) is 0.421. The Morgan fingerprint density at radius 2 is 1.77 bits per heavy atom. The number of H-pyrrole nitrogens is 1. The lowest BCUT2D eigenvalue weighted by molar-refractivity contribution is -0.118. The smallest absolute Gasteiger partial charge is 0.258 e. The molecule has 0 aliphatic rings. The summed E-state index contributed by atoms with van der Waals surface area (Å²) < 4.78 is 0.952. The Labute approximate surface area is 188 Å². The van der Waals surface area contributed by atoms with E-state index in [2.05, 4.69) is 30.9 Å². The van der Waals surface area contributed by atoms with Gasteiger partial charge in [0.05, 0.1) is 23.1 Å². The number of carbonyl (C=O) groups excluding carboxylic acids is 1. The number of nitrogens with one attached hydrogen (secondary N) is 1. The maximum atomic E-state index is 13.1. The zero-order valence-electron chi connectivity index (χ0n) is 16.8. The first kappa shape index (κ1) is 20.9. The van der Waals surface area contributed by atoms with Crippen LogP contribution in [0.3, 0.4) is 0 Å². The number of rotatable bonds is 7. The van der Waals surface area contributed by atoms with Gasteiger partial charge in [0, 0.05) is 29.2 Å². The zero-order chi connectivity index (χ0) is 21.6. The van der Waals surface area contributed by atoms with Gasteiger partial charge in [-0.15, -0.1) is 0 Å². The van der Waals surface area contributed by atoms with Crippen molar-refractivity contribution in [3.63, 3.8) is 0 Å². The topological polar surface area (TPSA) is 79.0 Å². The number of amides is 1. The lowest BCUT2D eigenvalue weighted by Crippen LogP contribution is -2.30. The van der Waals surface area contributed by atoms with Crippen molar-refractivity contribution >= 4 is 38.4 Å². The van der Waals surface area contributed by atoms with Gasteiger partial charge in [-0.3, -0.25) is 14.6 Å². The second-order valence-electron chi connectivity index (χ2n) is 7.16. The average molecular weight is 477 g/mol. The number of hydrogen-bond donors (Lipinski definition) is 1. The molecule has 2 heterocycles. The Kier molecular flexibility index (Phi) is 6.52. The second kappa shape index (κ2) is 9.66. The Morgan fingerprint density at radius 3 is 2.55 bits per heavy atom. The van der Waals surface area contributed by atoms with Crippen LogP contribution in [-0.4, -0.2) is 20.9 Å². The van der Waals surface area contributed by atoms with E-state index in [0.29, 0.717) is 42.5 Å². The molecule has 4 rings (SSSR count). The molecule has 7 heteroatoms. The van der Waals surface area contributed by atoms with Gasteiger partial charge in [-0.2, -0.15) is 0 Å². The number of aromatic nitrogens is 3. The average Bonchev–Trinajstić information content (AvgIpc) is 2.79. The van der Waals surface area contributed by atoms with Crippen LogP contribution >= 0.6 is 15.9 Å². The van der Waals surface area contributed by atoms with E-state index in [0.717, 1.165) is 15.9 Å². The molecule has 0 unspecified atom stereocenters. The summed E-state index contributed by atoms with van der Waals surface area (Å²) >= 11 is 3.44. The van der Waals surface area contributed by atoms with E-state index in [-0.39, 0.29) is 11.5 Å². The molecule has 2 aromatic heterocycles. The molecule has 0 bridgehead atoms. The number of nitrogens with zero attached hydrogens (tertiary/aromatic N) is 3. The van der Waals surface area contributed by atoms with Gasteiger partial charge >= 0.3 is 0 Å². The van der Waals surface area contributed by atoms with E-state index < -0.39 is 0 Å². The molecule has 0 saturated heterocycles. The number of para-hydroxylation sites is 1. The summed E-state index contributed by atoms with van der Waals surface area (Å²) in [6, 6.07) is 20.6. The van der Waals surface area contributed by atoms with Gasteiger partial charge in [-0.25, -0.2) is 4.98 Å². The van der Waals surface area contributed by atoms with Crippen LogP contribution < -0.4 is 10.5 Å². The number of carbonyl (C=O) groups is 1. The Morgan fingerprint density at radius 1 is 1.00 bits per heavy atom. The molecule has 0 fully saturated rings. The number of aromatic amines is 1. The van der Waals surface area contributed by atoms with Gasteiger partial charge in [-0.1, -0.05) is 34.1 Å². The number of benzene rings is 2. The SMILES string of the molecule is O=C(CCCc1nc2ccccc2c(=O)[nH]1)N(Cc1ccccn1)c1ccc(Br)cc1. The second-order valence-corrected chi connectivity index (χ2v) is 8.08. The van der Waals surface area contributed by atoms with Crippen molar-refractivity contribution < 1.29 is 4.79 Å². The van der Waals surface area contributed by atoms with Crippen LogP contribution in [0.15, 0.2) is 82.2 Å². The van der Waals surface area contributed by atoms with Crippen molar-refractivity contribution in [2.75, 3.05) is 4.90 Å². The van der Waals surface area contributed by atoms with Crippen molar-refractivity contribution in [2.45, 2.75) is 25.8 Å². The minimum atomic E-state index is -0.154. The molecule has 1 N–H and O–H groups in total. The molecule has 0 aliphatic carbocycles. The lowest BCUT2D eigenvalue weighted by atomic mass is 10.1. The summed E-state index contributed by atoms with van der Waals surface area (Å²) in [5.41, 5.74) is 2.15. The van der Waals surface area contributed by atoms with Gasteiger partial charge in [0.2, 0.25) is 5.91 Å². The molecule has 0 saturated carbocycles. The highest BCUT2D eigenvalue weighted by Gasteiger charge is 2.17. The fourth-order valence-corrected chi connectivity index (χ4v) is 3.66. The molecule has 1 amide bonds. The number of hydrogen-bond acceptors (Lipinski definition) is 4. The van der Waals surface area contributed by atoms with Crippen molar-refractivity contribution in [2.24, 2.45) is 0 Å². The zero-order valence-corrected chi connectivity index (χ0v) is 18.4. The standard InChI is InChI=1S/C24H21BrN4O2/c25-17-11-13-19(14-12-17)29(16-18-6-3-4-15-26-18)23(30)10-5-9-22-27-21-8-2-1-7-20(21)24(31)28-22/h1-4,6-8,11-15H,5,9-10,16H2,(H,27,28,31). The van der Waals surface area contributed by atoms with Crippen molar-refractivity contribution in [3.05, 3.63) is 99.3 Å². The summed E-state index contributed by atoms with van der Waals surface area (Å²) in [5, 5.41) is 0.569. The number of halogens is 1. The third kappa shape index (κ3) is 5.24. The molecule has 0 atom stereocenters. The minimum absolute atomic E-state index is 0.00360. The maximum absolute atomic E-state index is 13.1. The molecular weight excluding hydrogens is 456 g/mol. The lowest BCUT2D eigenvalue weighted by Gasteiger charge is -2.23. The molecule has 4 aromatic rings. The van der Waals surface area contributed by atoms with E-state index in [1.807, 2.05) is 60.7 Å². The van der Waals surface area contributed by atoms with Crippen LogP contribution in [0.2, 0.25) is 0 Å².